The predicted octanol–water partition coefficient (Wildman–Crippen LogP) is -0.364. The Labute approximate surface area is 74.2 Å². The molecule has 0 radical (unpaired) electrons. The van der Waals surface area contributed by atoms with Crippen molar-refractivity contribution in [3.63, 3.8) is 0 Å². The number of hydrogen-bond donors (Lipinski definition) is 2. The van der Waals surface area contributed by atoms with E-state index in [2.05, 4.69) is 15.2 Å². The molecule has 2 aromatic heterocycles. The third-order valence-electron chi connectivity index (χ3n) is 1.66. The molecule has 2 aromatic rings. The monoisotopic (exact) mass is 176 g/mol. The molecule has 0 aromatic carbocycles. The first-order chi connectivity index (χ1) is 6.29. The van der Waals surface area contributed by atoms with Crippen molar-refractivity contribution >= 4 is 5.95 Å². The minimum absolute atomic E-state index is 0.187. The summed E-state index contributed by atoms with van der Waals surface area (Å²) < 4.78 is 1.23. The van der Waals surface area contributed by atoms with E-state index in [1.807, 2.05) is 0 Å². The Balaban J connectivity index is 2.53. The fraction of sp³-hybridized carbons (Fsp3) is 0. The molecule has 0 aliphatic heterocycles. The molecule has 0 fully saturated rings. The molecule has 66 valence electrons. The summed E-state index contributed by atoms with van der Waals surface area (Å²) >= 11 is 0. The van der Waals surface area contributed by atoms with E-state index in [4.69, 9.17) is 11.6 Å². The first-order valence-corrected chi connectivity index (χ1v) is 3.65. The van der Waals surface area contributed by atoms with Crippen LogP contribution < -0.4 is 11.6 Å². The minimum Gasteiger partial charge on any atom is -0.366 e. The van der Waals surface area contributed by atoms with Crippen LogP contribution in [0.15, 0.2) is 24.5 Å². The number of nitrogens with two attached hydrogens (primary N) is 2. The lowest BCUT2D eigenvalue weighted by Crippen LogP contribution is -2.13. The van der Waals surface area contributed by atoms with Gasteiger partial charge >= 0.3 is 0 Å². The van der Waals surface area contributed by atoms with Gasteiger partial charge in [-0.25, -0.2) is 4.68 Å². The van der Waals surface area contributed by atoms with Gasteiger partial charge in [-0.1, -0.05) is 0 Å². The van der Waals surface area contributed by atoms with Gasteiger partial charge in [-0.05, 0) is 12.1 Å². The summed E-state index contributed by atoms with van der Waals surface area (Å²) in [5.74, 6) is 6.30. The highest BCUT2D eigenvalue weighted by atomic mass is 15.4. The topological polar surface area (TPSA) is 95.6 Å². The standard InChI is InChI=1S/C7H8N6/c8-7-12-11-6(13(7)9)5-1-3-10-4-2-5/h1-4H,9H2,(H2,8,12). The Hall–Kier alpha value is -2.11. The Morgan fingerprint density at radius 3 is 2.38 bits per heavy atom. The third-order valence-corrected chi connectivity index (χ3v) is 1.66. The van der Waals surface area contributed by atoms with Crippen molar-refractivity contribution in [1.82, 2.24) is 19.9 Å². The van der Waals surface area contributed by atoms with E-state index in [1.54, 1.807) is 24.5 Å². The molecule has 6 nitrogen and oxygen atoms in total. The van der Waals surface area contributed by atoms with Crippen molar-refractivity contribution in [2.75, 3.05) is 11.6 Å². The van der Waals surface area contributed by atoms with Gasteiger partial charge in [0.05, 0.1) is 0 Å². The van der Waals surface area contributed by atoms with Crippen LogP contribution in [-0.4, -0.2) is 19.9 Å². The van der Waals surface area contributed by atoms with Crippen molar-refractivity contribution in [3.05, 3.63) is 24.5 Å². The van der Waals surface area contributed by atoms with Gasteiger partial charge < -0.3 is 11.6 Å². The van der Waals surface area contributed by atoms with Crippen molar-refractivity contribution in [2.24, 2.45) is 0 Å². The molecule has 2 heterocycles. The number of aromatic nitrogens is 4. The van der Waals surface area contributed by atoms with Crippen LogP contribution in [0.25, 0.3) is 11.4 Å². The maximum atomic E-state index is 5.58. The fourth-order valence-corrected chi connectivity index (χ4v) is 1.00. The number of nitrogens with zero attached hydrogens (tertiary/aromatic N) is 4. The predicted molar refractivity (Wildman–Crippen MR) is 47.8 cm³/mol. The summed E-state index contributed by atoms with van der Waals surface area (Å²) in [7, 11) is 0. The van der Waals surface area contributed by atoms with Gasteiger partial charge in [0, 0.05) is 18.0 Å². The first kappa shape index (κ1) is 7.53. The van der Waals surface area contributed by atoms with Gasteiger partial charge in [0.15, 0.2) is 5.82 Å². The van der Waals surface area contributed by atoms with Crippen LogP contribution in [0.3, 0.4) is 0 Å². The van der Waals surface area contributed by atoms with Crippen LogP contribution in [0, 0.1) is 0 Å². The van der Waals surface area contributed by atoms with Gasteiger partial charge in [-0.2, -0.15) is 0 Å². The highest BCUT2D eigenvalue weighted by molar-refractivity contribution is 5.55. The molecule has 2 rings (SSSR count). The smallest absolute Gasteiger partial charge is 0.241 e. The van der Waals surface area contributed by atoms with Gasteiger partial charge in [0.25, 0.3) is 0 Å². The van der Waals surface area contributed by atoms with E-state index < -0.39 is 0 Å². The lowest BCUT2D eigenvalue weighted by atomic mass is 10.2. The van der Waals surface area contributed by atoms with Gasteiger partial charge in [0.1, 0.15) is 0 Å². The van der Waals surface area contributed by atoms with Crippen LogP contribution in [0.5, 0.6) is 0 Å². The zero-order valence-electron chi connectivity index (χ0n) is 6.75. The van der Waals surface area contributed by atoms with Crippen molar-refractivity contribution in [3.8, 4) is 11.4 Å². The summed E-state index contributed by atoms with van der Waals surface area (Å²) in [4.78, 5) is 3.88. The molecule has 0 aliphatic carbocycles. The highest BCUT2D eigenvalue weighted by Gasteiger charge is 2.07. The lowest BCUT2D eigenvalue weighted by Gasteiger charge is -1.99. The normalized spacial score (nSPS) is 10.2. The van der Waals surface area contributed by atoms with E-state index in [0.29, 0.717) is 5.82 Å². The van der Waals surface area contributed by atoms with E-state index in [-0.39, 0.29) is 5.95 Å². The van der Waals surface area contributed by atoms with Crippen molar-refractivity contribution < 1.29 is 0 Å². The Bertz CT molecular complexity index is 406. The molecular weight excluding hydrogens is 168 g/mol. The second-order valence-electron chi connectivity index (χ2n) is 2.49. The van der Waals surface area contributed by atoms with E-state index in [1.165, 1.54) is 4.68 Å². The second-order valence-corrected chi connectivity index (χ2v) is 2.49. The van der Waals surface area contributed by atoms with E-state index in [0.717, 1.165) is 5.56 Å². The maximum Gasteiger partial charge on any atom is 0.241 e. The summed E-state index contributed by atoms with van der Waals surface area (Å²) in [5, 5.41) is 7.46. The average Bonchev–Trinajstić information content (AvgIpc) is 2.49. The summed E-state index contributed by atoms with van der Waals surface area (Å²) in [5.41, 5.74) is 6.26. The summed E-state index contributed by atoms with van der Waals surface area (Å²) in [6.45, 7) is 0. The van der Waals surface area contributed by atoms with E-state index in [9.17, 15) is 0 Å². The molecule has 0 amide bonds. The minimum atomic E-state index is 0.187. The maximum absolute atomic E-state index is 5.58. The zero-order chi connectivity index (χ0) is 9.26. The number of nitrogen functional groups attached to an aromatic ring is 2. The molecule has 0 atom stereocenters. The first-order valence-electron chi connectivity index (χ1n) is 3.65. The summed E-state index contributed by atoms with van der Waals surface area (Å²) in [6, 6.07) is 3.57. The van der Waals surface area contributed by atoms with Gasteiger partial charge in [-0.15, -0.1) is 10.2 Å². The number of rotatable bonds is 1. The van der Waals surface area contributed by atoms with Crippen molar-refractivity contribution in [1.29, 1.82) is 0 Å². The fourth-order valence-electron chi connectivity index (χ4n) is 1.00. The Morgan fingerprint density at radius 2 is 1.85 bits per heavy atom. The number of anilines is 1. The van der Waals surface area contributed by atoms with Crippen LogP contribution in [-0.2, 0) is 0 Å². The Morgan fingerprint density at radius 1 is 1.15 bits per heavy atom. The molecule has 0 saturated heterocycles. The van der Waals surface area contributed by atoms with Crippen LogP contribution in [0.2, 0.25) is 0 Å². The van der Waals surface area contributed by atoms with Gasteiger partial charge in [-0.3, -0.25) is 4.98 Å². The largest absolute Gasteiger partial charge is 0.366 e. The van der Waals surface area contributed by atoms with Crippen LogP contribution in [0.4, 0.5) is 5.95 Å². The number of hydrogen-bond acceptors (Lipinski definition) is 5. The SMILES string of the molecule is Nc1nnc(-c2ccncc2)n1N. The lowest BCUT2D eigenvalue weighted by molar-refractivity contribution is 1.02. The van der Waals surface area contributed by atoms with Gasteiger partial charge in [0.2, 0.25) is 5.95 Å². The molecule has 4 N–H and O–H groups in total. The second kappa shape index (κ2) is 2.74. The molecule has 0 unspecified atom stereocenters. The third kappa shape index (κ3) is 1.18. The Kier molecular flexibility index (Phi) is 1.59. The molecule has 0 aliphatic rings. The number of pyridine rings is 1. The molecule has 6 heteroatoms. The molecule has 13 heavy (non-hydrogen) atoms. The van der Waals surface area contributed by atoms with Crippen LogP contribution in [0.1, 0.15) is 0 Å². The highest BCUT2D eigenvalue weighted by Crippen LogP contribution is 2.14. The van der Waals surface area contributed by atoms with Crippen LogP contribution >= 0.6 is 0 Å². The average molecular weight is 176 g/mol. The quantitative estimate of drug-likeness (QED) is 0.578. The van der Waals surface area contributed by atoms with Crippen molar-refractivity contribution in [2.45, 2.75) is 0 Å². The van der Waals surface area contributed by atoms with E-state index >= 15 is 0 Å². The molecule has 0 bridgehead atoms. The molecule has 0 saturated carbocycles. The summed E-state index contributed by atoms with van der Waals surface area (Å²) in [6.07, 6.45) is 3.31. The molecular formula is C7H8N6. The zero-order valence-corrected chi connectivity index (χ0v) is 6.75. The molecule has 0 spiro atoms.